The molecule has 4 heterocycles. The van der Waals surface area contributed by atoms with Gasteiger partial charge in [-0.25, -0.2) is 15.0 Å². The Kier molecular flexibility index (Phi) is 4.66. The van der Waals surface area contributed by atoms with E-state index in [1.165, 1.54) is 0 Å². The molecule has 29 heavy (non-hydrogen) atoms. The van der Waals surface area contributed by atoms with E-state index in [9.17, 15) is 0 Å². The van der Waals surface area contributed by atoms with Crippen LogP contribution in [0.4, 0.5) is 5.82 Å². The molecule has 0 unspecified atom stereocenters. The van der Waals surface area contributed by atoms with E-state index in [0.29, 0.717) is 10.9 Å². The molecular weight excluding hydrogens is 386 g/mol. The van der Waals surface area contributed by atoms with Crippen LogP contribution in [0.3, 0.4) is 0 Å². The first kappa shape index (κ1) is 18.1. The van der Waals surface area contributed by atoms with Gasteiger partial charge in [0.2, 0.25) is 5.71 Å². The summed E-state index contributed by atoms with van der Waals surface area (Å²) in [5, 5.41) is 1.39. The Morgan fingerprint density at radius 1 is 0.897 bits per heavy atom. The Labute approximate surface area is 173 Å². The van der Waals surface area contributed by atoms with Crippen LogP contribution in [-0.4, -0.2) is 53.1 Å². The van der Waals surface area contributed by atoms with Crippen LogP contribution in [0.5, 0.6) is 0 Å². The zero-order chi connectivity index (χ0) is 19.8. The molecule has 1 aromatic carbocycles. The molecule has 146 valence electrons. The Bertz CT molecular complexity index is 1140. The first-order chi connectivity index (χ1) is 14.2. The number of hydrogen-bond acceptors (Lipinski definition) is 6. The highest BCUT2D eigenvalue weighted by Crippen LogP contribution is 2.43. The molecule has 1 aliphatic rings. The minimum atomic E-state index is 0.448. The fourth-order valence-corrected chi connectivity index (χ4v) is 3.88. The van der Waals surface area contributed by atoms with Crippen molar-refractivity contribution in [2.75, 3.05) is 38.1 Å². The largest absolute Gasteiger partial charge is 0.437 e. The van der Waals surface area contributed by atoms with Crippen molar-refractivity contribution in [2.45, 2.75) is 0 Å². The normalized spacial score (nSPS) is 15.2. The number of piperazine rings is 1. The van der Waals surface area contributed by atoms with Gasteiger partial charge >= 0.3 is 0 Å². The molecule has 0 aliphatic carbocycles. The second kappa shape index (κ2) is 7.46. The standard InChI is InChI=1S/C22H20ClN5O/c1-27-9-11-28(12-10-27)21-19-18(15-5-3-2-4-6-15)20(29-22(19)26-14-25-21)16-7-8-17(23)24-13-16/h2-8,13-14H,9-12H2,1H3. The highest BCUT2D eigenvalue weighted by Gasteiger charge is 2.26. The third kappa shape index (κ3) is 3.34. The van der Waals surface area contributed by atoms with Crippen LogP contribution in [0.25, 0.3) is 33.6 Å². The summed E-state index contributed by atoms with van der Waals surface area (Å²) in [6.07, 6.45) is 3.31. The van der Waals surface area contributed by atoms with E-state index in [1.54, 1.807) is 18.6 Å². The van der Waals surface area contributed by atoms with Gasteiger partial charge in [-0.05, 0) is 24.7 Å². The number of benzene rings is 1. The van der Waals surface area contributed by atoms with Gasteiger partial charge in [0.05, 0.1) is 5.39 Å². The summed E-state index contributed by atoms with van der Waals surface area (Å²) >= 11 is 6.00. The summed E-state index contributed by atoms with van der Waals surface area (Å²) in [4.78, 5) is 18.0. The van der Waals surface area contributed by atoms with Gasteiger partial charge < -0.3 is 14.2 Å². The summed E-state index contributed by atoms with van der Waals surface area (Å²) in [5.41, 5.74) is 3.48. The van der Waals surface area contributed by atoms with Gasteiger partial charge in [0, 0.05) is 43.5 Å². The maximum atomic E-state index is 6.26. The maximum Gasteiger partial charge on any atom is 0.232 e. The van der Waals surface area contributed by atoms with Crippen molar-refractivity contribution in [3.05, 3.63) is 60.1 Å². The van der Waals surface area contributed by atoms with E-state index in [1.807, 2.05) is 24.3 Å². The van der Waals surface area contributed by atoms with Crippen LogP contribution in [0.1, 0.15) is 0 Å². The molecule has 1 fully saturated rings. The van der Waals surface area contributed by atoms with Crippen LogP contribution in [-0.2, 0) is 0 Å². The molecule has 7 heteroatoms. The minimum absolute atomic E-state index is 0.448. The lowest BCUT2D eigenvalue weighted by Gasteiger charge is -2.33. The second-order valence-corrected chi connectivity index (χ2v) is 7.60. The van der Waals surface area contributed by atoms with Gasteiger partial charge in [-0.2, -0.15) is 0 Å². The Balaban J connectivity index is 1.75. The fraction of sp³-hybridized carbons (Fsp3) is 0.227. The van der Waals surface area contributed by atoms with Crippen molar-refractivity contribution in [3.8, 4) is 22.5 Å². The van der Waals surface area contributed by atoms with Crippen molar-refractivity contribution in [2.24, 2.45) is 0 Å². The molecule has 0 amide bonds. The van der Waals surface area contributed by atoms with E-state index in [-0.39, 0.29) is 0 Å². The number of anilines is 1. The summed E-state index contributed by atoms with van der Waals surface area (Å²) in [7, 11) is 2.14. The van der Waals surface area contributed by atoms with E-state index < -0.39 is 0 Å². The van der Waals surface area contributed by atoms with E-state index in [2.05, 4.69) is 43.9 Å². The van der Waals surface area contributed by atoms with Crippen LogP contribution < -0.4 is 4.90 Å². The highest BCUT2D eigenvalue weighted by molar-refractivity contribution is 6.29. The van der Waals surface area contributed by atoms with Crippen LogP contribution in [0, 0.1) is 0 Å². The van der Waals surface area contributed by atoms with Crippen molar-refractivity contribution >= 4 is 28.5 Å². The van der Waals surface area contributed by atoms with Crippen LogP contribution in [0.15, 0.2) is 59.4 Å². The zero-order valence-electron chi connectivity index (χ0n) is 16.0. The zero-order valence-corrected chi connectivity index (χ0v) is 16.8. The van der Waals surface area contributed by atoms with E-state index in [0.717, 1.165) is 59.8 Å². The van der Waals surface area contributed by atoms with Crippen LogP contribution >= 0.6 is 11.6 Å². The predicted octanol–water partition coefficient (Wildman–Crippen LogP) is 4.36. The molecule has 6 nitrogen and oxygen atoms in total. The molecule has 0 spiro atoms. The van der Waals surface area contributed by atoms with Crippen molar-refractivity contribution < 1.29 is 4.42 Å². The van der Waals surface area contributed by atoms with E-state index >= 15 is 0 Å². The number of fused-ring (bicyclic) bond motifs is 1. The third-order valence-corrected chi connectivity index (χ3v) is 5.55. The molecule has 0 N–H and O–H groups in total. The average molecular weight is 406 g/mol. The lowest BCUT2D eigenvalue weighted by molar-refractivity contribution is 0.312. The Morgan fingerprint density at radius 2 is 1.69 bits per heavy atom. The van der Waals surface area contributed by atoms with Crippen LogP contribution in [0.2, 0.25) is 5.15 Å². The third-order valence-electron chi connectivity index (χ3n) is 5.32. The minimum Gasteiger partial charge on any atom is -0.437 e. The van der Waals surface area contributed by atoms with Gasteiger partial charge in [0.25, 0.3) is 0 Å². The average Bonchev–Trinajstić information content (AvgIpc) is 3.15. The van der Waals surface area contributed by atoms with Crippen molar-refractivity contribution in [1.29, 1.82) is 0 Å². The number of likely N-dealkylation sites (N-methyl/N-ethyl adjacent to an activating group) is 1. The molecule has 4 aromatic rings. The lowest BCUT2D eigenvalue weighted by atomic mass is 10.00. The topological polar surface area (TPSA) is 58.3 Å². The van der Waals surface area contributed by atoms with Crippen molar-refractivity contribution in [1.82, 2.24) is 19.9 Å². The summed E-state index contributed by atoms with van der Waals surface area (Å²) in [6.45, 7) is 3.83. The highest BCUT2D eigenvalue weighted by atomic mass is 35.5. The number of furan rings is 1. The summed E-state index contributed by atoms with van der Waals surface area (Å²) in [5.74, 6) is 1.64. The first-order valence-corrected chi connectivity index (χ1v) is 9.97. The summed E-state index contributed by atoms with van der Waals surface area (Å²) in [6, 6.07) is 13.9. The SMILES string of the molecule is CN1CCN(c2ncnc3oc(-c4ccc(Cl)nc4)c(-c4ccccc4)c23)CC1. The molecule has 0 saturated carbocycles. The second-order valence-electron chi connectivity index (χ2n) is 7.21. The molecule has 1 aliphatic heterocycles. The maximum absolute atomic E-state index is 6.26. The van der Waals surface area contributed by atoms with Gasteiger partial charge in [0.15, 0.2) is 0 Å². The smallest absolute Gasteiger partial charge is 0.232 e. The number of pyridine rings is 1. The monoisotopic (exact) mass is 405 g/mol. The van der Waals surface area contributed by atoms with Gasteiger partial charge in [-0.3, -0.25) is 0 Å². The lowest BCUT2D eigenvalue weighted by Crippen LogP contribution is -2.44. The molecular formula is C22H20ClN5O. The van der Waals surface area contributed by atoms with E-state index in [4.69, 9.17) is 16.0 Å². The fourth-order valence-electron chi connectivity index (χ4n) is 3.77. The number of aromatic nitrogens is 3. The van der Waals surface area contributed by atoms with Gasteiger partial charge in [-0.15, -0.1) is 0 Å². The number of hydrogen-bond donors (Lipinski definition) is 0. The quantitative estimate of drug-likeness (QED) is 0.472. The Morgan fingerprint density at radius 3 is 2.41 bits per heavy atom. The molecule has 1 saturated heterocycles. The molecule has 0 atom stereocenters. The predicted molar refractivity (Wildman–Crippen MR) is 115 cm³/mol. The van der Waals surface area contributed by atoms with Gasteiger partial charge in [-0.1, -0.05) is 41.9 Å². The number of nitrogens with zero attached hydrogens (tertiary/aromatic N) is 5. The number of rotatable bonds is 3. The Hall–Kier alpha value is -2.96. The summed E-state index contributed by atoms with van der Waals surface area (Å²) < 4.78 is 6.26. The first-order valence-electron chi connectivity index (χ1n) is 9.59. The molecule has 3 aromatic heterocycles. The number of halogens is 1. The molecule has 0 radical (unpaired) electrons. The van der Waals surface area contributed by atoms with Gasteiger partial charge in [0.1, 0.15) is 23.1 Å². The molecule has 5 rings (SSSR count). The van der Waals surface area contributed by atoms with Crippen molar-refractivity contribution in [3.63, 3.8) is 0 Å². The molecule has 0 bridgehead atoms.